The molecule has 1 N–H and O–H groups in total. The summed E-state index contributed by atoms with van der Waals surface area (Å²) in [4.78, 5) is 13.4. The fourth-order valence-electron chi connectivity index (χ4n) is 2.99. The smallest absolute Gasteiger partial charge is 0.409 e. The van der Waals surface area contributed by atoms with E-state index in [9.17, 15) is 4.79 Å². The lowest BCUT2D eigenvalue weighted by molar-refractivity contribution is 0.0951. The Hall–Kier alpha value is -0.810. The van der Waals surface area contributed by atoms with Gasteiger partial charge < -0.3 is 19.7 Å². The third kappa shape index (κ3) is 4.94. The minimum atomic E-state index is -0.160. The summed E-state index contributed by atoms with van der Waals surface area (Å²) < 4.78 is 10.4. The van der Waals surface area contributed by atoms with Gasteiger partial charge in [0.2, 0.25) is 0 Å². The number of hydrogen-bond donors (Lipinski definition) is 1. The van der Waals surface area contributed by atoms with E-state index in [4.69, 9.17) is 9.47 Å². The zero-order valence-electron chi connectivity index (χ0n) is 12.6. The molecule has 5 heteroatoms. The van der Waals surface area contributed by atoms with Gasteiger partial charge in [0.1, 0.15) is 0 Å². The van der Waals surface area contributed by atoms with Gasteiger partial charge in [-0.05, 0) is 51.5 Å². The van der Waals surface area contributed by atoms with Crippen molar-refractivity contribution in [3.8, 4) is 0 Å². The van der Waals surface area contributed by atoms with Crippen LogP contribution in [0, 0.1) is 5.92 Å². The molecule has 0 radical (unpaired) electrons. The van der Waals surface area contributed by atoms with E-state index in [0.717, 1.165) is 51.6 Å². The summed E-state index contributed by atoms with van der Waals surface area (Å²) in [7, 11) is 0. The highest BCUT2D eigenvalue weighted by Crippen LogP contribution is 2.18. The second kappa shape index (κ2) is 8.47. The van der Waals surface area contributed by atoms with Crippen LogP contribution in [0.2, 0.25) is 0 Å². The number of rotatable bonds is 6. The number of likely N-dealkylation sites (tertiary alicyclic amines) is 1. The molecule has 2 heterocycles. The first kappa shape index (κ1) is 15.6. The molecule has 5 nitrogen and oxygen atoms in total. The van der Waals surface area contributed by atoms with Crippen LogP contribution < -0.4 is 5.32 Å². The molecule has 0 bridgehead atoms. The first-order chi connectivity index (χ1) is 9.79. The molecule has 2 rings (SSSR count). The molecule has 0 spiro atoms. The van der Waals surface area contributed by atoms with Crippen molar-refractivity contribution in [2.45, 2.75) is 45.1 Å². The van der Waals surface area contributed by atoms with Crippen molar-refractivity contribution in [2.24, 2.45) is 5.92 Å². The molecular formula is C15H28N2O3. The van der Waals surface area contributed by atoms with Crippen LogP contribution in [0.15, 0.2) is 0 Å². The Kier molecular flexibility index (Phi) is 6.60. The minimum absolute atomic E-state index is 0.160. The largest absolute Gasteiger partial charge is 0.450 e. The van der Waals surface area contributed by atoms with Gasteiger partial charge in [0.15, 0.2) is 0 Å². The number of nitrogens with zero attached hydrogens (tertiary/aromatic N) is 1. The topological polar surface area (TPSA) is 50.8 Å². The maximum Gasteiger partial charge on any atom is 0.409 e. The normalized spacial score (nSPS) is 24.1. The fourth-order valence-corrected chi connectivity index (χ4v) is 2.99. The molecular weight excluding hydrogens is 256 g/mol. The number of ether oxygens (including phenoxy) is 2. The first-order valence-corrected chi connectivity index (χ1v) is 8.02. The second-order valence-corrected chi connectivity index (χ2v) is 5.79. The molecule has 0 aromatic heterocycles. The lowest BCUT2D eigenvalue weighted by atomic mass is 10.0. The van der Waals surface area contributed by atoms with Crippen LogP contribution in [-0.2, 0) is 9.47 Å². The molecule has 0 aromatic rings. The Labute approximate surface area is 122 Å². The number of carbonyl (C=O) groups excluding carboxylic acids is 1. The van der Waals surface area contributed by atoms with Crippen LogP contribution in [0.4, 0.5) is 4.79 Å². The van der Waals surface area contributed by atoms with Gasteiger partial charge in [-0.25, -0.2) is 4.79 Å². The fraction of sp³-hybridized carbons (Fsp3) is 0.933. The number of piperidine rings is 1. The highest BCUT2D eigenvalue weighted by molar-refractivity contribution is 5.67. The van der Waals surface area contributed by atoms with Crippen LogP contribution in [0.25, 0.3) is 0 Å². The maximum absolute atomic E-state index is 11.6. The van der Waals surface area contributed by atoms with Crippen LogP contribution >= 0.6 is 0 Å². The molecule has 1 amide bonds. The van der Waals surface area contributed by atoms with Crippen molar-refractivity contribution in [1.29, 1.82) is 0 Å². The number of nitrogens with one attached hydrogen (secondary N) is 1. The summed E-state index contributed by atoms with van der Waals surface area (Å²) >= 11 is 0. The van der Waals surface area contributed by atoms with E-state index < -0.39 is 0 Å². The van der Waals surface area contributed by atoms with Gasteiger partial charge in [0, 0.05) is 32.3 Å². The molecule has 0 saturated carbocycles. The van der Waals surface area contributed by atoms with Crippen molar-refractivity contribution in [2.75, 3.05) is 39.5 Å². The number of hydrogen-bond acceptors (Lipinski definition) is 4. The summed E-state index contributed by atoms with van der Waals surface area (Å²) in [5.74, 6) is 0.780. The zero-order chi connectivity index (χ0) is 14.2. The summed E-state index contributed by atoms with van der Waals surface area (Å²) in [6, 6.07) is 0.556. The van der Waals surface area contributed by atoms with E-state index in [2.05, 4.69) is 5.32 Å². The minimum Gasteiger partial charge on any atom is -0.450 e. The van der Waals surface area contributed by atoms with Crippen molar-refractivity contribution in [3.63, 3.8) is 0 Å². The van der Waals surface area contributed by atoms with Gasteiger partial charge in [-0.15, -0.1) is 0 Å². The Bertz CT molecular complexity index is 285. The van der Waals surface area contributed by atoms with E-state index in [-0.39, 0.29) is 6.09 Å². The van der Waals surface area contributed by atoms with Crippen molar-refractivity contribution in [1.82, 2.24) is 10.2 Å². The van der Waals surface area contributed by atoms with Gasteiger partial charge in [-0.3, -0.25) is 0 Å². The highest BCUT2D eigenvalue weighted by atomic mass is 16.6. The first-order valence-electron chi connectivity index (χ1n) is 8.02. The predicted octanol–water partition coefficient (Wildman–Crippen LogP) is 2.01. The monoisotopic (exact) mass is 284 g/mol. The third-order valence-corrected chi connectivity index (χ3v) is 4.27. The maximum atomic E-state index is 11.6. The highest BCUT2D eigenvalue weighted by Gasteiger charge is 2.23. The summed E-state index contributed by atoms with van der Waals surface area (Å²) in [5, 5.41) is 3.62. The summed E-state index contributed by atoms with van der Waals surface area (Å²) in [5.41, 5.74) is 0. The van der Waals surface area contributed by atoms with Gasteiger partial charge in [-0.2, -0.15) is 0 Å². The lowest BCUT2D eigenvalue weighted by Gasteiger charge is -2.31. The van der Waals surface area contributed by atoms with Gasteiger partial charge in [-0.1, -0.05) is 0 Å². The second-order valence-electron chi connectivity index (χ2n) is 5.79. The Morgan fingerprint density at radius 2 is 2.15 bits per heavy atom. The van der Waals surface area contributed by atoms with Crippen LogP contribution in [0.5, 0.6) is 0 Å². The predicted molar refractivity (Wildman–Crippen MR) is 77.8 cm³/mol. The van der Waals surface area contributed by atoms with Gasteiger partial charge in [0.25, 0.3) is 0 Å². The third-order valence-electron chi connectivity index (χ3n) is 4.27. The van der Waals surface area contributed by atoms with Gasteiger partial charge in [0.05, 0.1) is 6.61 Å². The Morgan fingerprint density at radius 3 is 2.80 bits per heavy atom. The average molecular weight is 284 g/mol. The molecule has 116 valence electrons. The van der Waals surface area contributed by atoms with E-state index in [1.807, 2.05) is 11.8 Å². The number of carbonyl (C=O) groups is 1. The molecule has 2 saturated heterocycles. The average Bonchev–Trinajstić information content (AvgIpc) is 2.98. The molecule has 20 heavy (non-hydrogen) atoms. The molecule has 2 aliphatic rings. The number of amides is 1. The van der Waals surface area contributed by atoms with Crippen molar-refractivity contribution < 1.29 is 14.3 Å². The standard InChI is InChI=1S/C15H28N2O3/c1-2-20-15(18)17-9-5-14(6-10-17)16-8-3-4-13-7-11-19-12-13/h13-14,16H,2-12H2,1H3. The van der Waals surface area contributed by atoms with Crippen molar-refractivity contribution in [3.05, 3.63) is 0 Å². The Balaban J connectivity index is 1.52. The quantitative estimate of drug-likeness (QED) is 0.758. The summed E-state index contributed by atoms with van der Waals surface area (Å²) in [6.45, 7) is 6.92. The van der Waals surface area contributed by atoms with Crippen LogP contribution in [0.1, 0.15) is 39.0 Å². The van der Waals surface area contributed by atoms with E-state index in [0.29, 0.717) is 12.6 Å². The van der Waals surface area contributed by atoms with Crippen LogP contribution in [-0.4, -0.2) is 56.5 Å². The SMILES string of the molecule is CCOC(=O)N1CCC(NCCCC2CCOC2)CC1. The molecule has 2 aliphatic heterocycles. The lowest BCUT2D eigenvalue weighted by Crippen LogP contribution is -2.45. The van der Waals surface area contributed by atoms with Crippen molar-refractivity contribution >= 4 is 6.09 Å². The Morgan fingerprint density at radius 1 is 1.35 bits per heavy atom. The van der Waals surface area contributed by atoms with E-state index >= 15 is 0 Å². The molecule has 0 aliphatic carbocycles. The molecule has 2 fully saturated rings. The molecule has 1 unspecified atom stereocenters. The molecule has 0 aromatic carbocycles. The summed E-state index contributed by atoms with van der Waals surface area (Å²) in [6.07, 6.45) is 5.64. The van der Waals surface area contributed by atoms with E-state index in [1.54, 1.807) is 0 Å². The zero-order valence-corrected chi connectivity index (χ0v) is 12.6. The van der Waals surface area contributed by atoms with Crippen LogP contribution in [0.3, 0.4) is 0 Å². The van der Waals surface area contributed by atoms with E-state index in [1.165, 1.54) is 19.3 Å². The molecule has 1 atom stereocenters. The van der Waals surface area contributed by atoms with Gasteiger partial charge >= 0.3 is 6.09 Å².